The molecule has 0 radical (unpaired) electrons. The maximum Gasteiger partial charge on any atom is 0.151 e. The van der Waals surface area contributed by atoms with Gasteiger partial charge in [-0.3, -0.25) is 4.98 Å². The summed E-state index contributed by atoms with van der Waals surface area (Å²) in [5.74, 6) is 1.35. The summed E-state index contributed by atoms with van der Waals surface area (Å²) in [6.45, 7) is 3.91. The molecule has 0 bridgehead atoms. The monoisotopic (exact) mass is 298 g/mol. The first-order valence-corrected chi connectivity index (χ1v) is 7.02. The van der Waals surface area contributed by atoms with E-state index in [0.29, 0.717) is 11.4 Å². The number of aryl methyl sites for hydroxylation is 2. The third-order valence-electron chi connectivity index (χ3n) is 3.42. The van der Waals surface area contributed by atoms with Crippen LogP contribution in [0.1, 0.15) is 11.1 Å². The Bertz CT molecular complexity index is 807. The predicted octanol–water partition coefficient (Wildman–Crippen LogP) is 4.88. The molecule has 3 aromatic rings. The Kier molecular flexibility index (Phi) is 3.43. The summed E-state index contributed by atoms with van der Waals surface area (Å²) < 4.78 is 5.92. The first-order valence-electron chi connectivity index (χ1n) is 6.64. The van der Waals surface area contributed by atoms with Crippen LogP contribution in [0, 0.1) is 13.8 Å². The van der Waals surface area contributed by atoms with Crippen LogP contribution in [0.15, 0.2) is 42.6 Å². The lowest BCUT2D eigenvalue weighted by Gasteiger charge is -2.12. The number of hydrogen-bond acceptors (Lipinski definition) is 3. The number of halogens is 1. The molecule has 0 saturated heterocycles. The number of pyridine rings is 1. The summed E-state index contributed by atoms with van der Waals surface area (Å²) in [6, 6.07) is 11.3. The van der Waals surface area contributed by atoms with Crippen LogP contribution in [0.3, 0.4) is 0 Å². The minimum Gasteiger partial charge on any atom is -0.455 e. The molecule has 0 saturated carbocycles. The van der Waals surface area contributed by atoms with Gasteiger partial charge in [-0.1, -0.05) is 11.6 Å². The van der Waals surface area contributed by atoms with Crippen LogP contribution in [0.25, 0.3) is 10.9 Å². The number of rotatable bonds is 2. The van der Waals surface area contributed by atoms with Crippen LogP contribution in [0.4, 0.5) is 5.69 Å². The quantitative estimate of drug-likeness (QED) is 0.686. The summed E-state index contributed by atoms with van der Waals surface area (Å²) in [6.07, 6.45) is 1.74. The Morgan fingerprint density at radius 1 is 1.10 bits per heavy atom. The lowest BCUT2D eigenvalue weighted by atomic mass is 10.1. The third kappa shape index (κ3) is 2.52. The first kappa shape index (κ1) is 13.7. The zero-order valence-corrected chi connectivity index (χ0v) is 12.6. The Labute approximate surface area is 128 Å². The smallest absolute Gasteiger partial charge is 0.151 e. The average Bonchev–Trinajstić information content (AvgIpc) is 2.48. The lowest BCUT2D eigenvalue weighted by Crippen LogP contribution is -1.95. The number of nitrogens with two attached hydrogens (primary N) is 1. The number of nitrogen functional groups attached to an aromatic ring is 1. The zero-order chi connectivity index (χ0) is 15.0. The molecule has 0 aliphatic rings. The molecule has 21 heavy (non-hydrogen) atoms. The van der Waals surface area contributed by atoms with E-state index in [9.17, 15) is 0 Å². The summed E-state index contributed by atoms with van der Waals surface area (Å²) in [4.78, 5) is 4.28. The van der Waals surface area contributed by atoms with E-state index in [2.05, 4.69) is 4.98 Å². The van der Waals surface area contributed by atoms with Gasteiger partial charge >= 0.3 is 0 Å². The fourth-order valence-corrected chi connectivity index (χ4v) is 2.45. The second-order valence-corrected chi connectivity index (χ2v) is 5.40. The Hall–Kier alpha value is -2.26. The molecule has 1 heterocycles. The van der Waals surface area contributed by atoms with Gasteiger partial charge in [0.05, 0.1) is 11.2 Å². The van der Waals surface area contributed by atoms with Crippen molar-refractivity contribution in [2.75, 3.05) is 5.73 Å². The van der Waals surface area contributed by atoms with E-state index in [-0.39, 0.29) is 0 Å². The summed E-state index contributed by atoms with van der Waals surface area (Å²) in [5, 5.41) is 1.65. The van der Waals surface area contributed by atoms with Gasteiger partial charge < -0.3 is 10.5 Å². The van der Waals surface area contributed by atoms with Crippen molar-refractivity contribution in [1.82, 2.24) is 4.98 Å². The molecule has 3 rings (SSSR count). The molecule has 106 valence electrons. The molecule has 0 unspecified atom stereocenters. The van der Waals surface area contributed by atoms with E-state index in [0.717, 1.165) is 32.8 Å². The number of aromatic nitrogens is 1. The largest absolute Gasteiger partial charge is 0.455 e. The molecule has 1 aromatic heterocycles. The van der Waals surface area contributed by atoms with E-state index < -0.39 is 0 Å². The standard InChI is InChI=1S/C17H15ClN2O/c1-10-8-12(9-11(2)16(10)18)21-15-6-5-14-13(17(15)19)4-3-7-20-14/h3-9H,19H2,1-2H3. The zero-order valence-electron chi connectivity index (χ0n) is 11.9. The molecule has 4 heteroatoms. The fraction of sp³-hybridized carbons (Fsp3) is 0.118. The predicted molar refractivity (Wildman–Crippen MR) is 87.2 cm³/mol. The number of ether oxygens (including phenoxy) is 1. The average molecular weight is 299 g/mol. The van der Waals surface area contributed by atoms with E-state index in [1.165, 1.54) is 0 Å². The summed E-state index contributed by atoms with van der Waals surface area (Å²) >= 11 is 6.17. The molecule has 0 spiro atoms. The van der Waals surface area contributed by atoms with Crippen LogP contribution < -0.4 is 10.5 Å². The van der Waals surface area contributed by atoms with Crippen LogP contribution in [-0.4, -0.2) is 4.98 Å². The lowest BCUT2D eigenvalue weighted by molar-refractivity contribution is 0.485. The molecule has 3 nitrogen and oxygen atoms in total. The van der Waals surface area contributed by atoms with Gasteiger partial charge in [-0.05, 0) is 61.4 Å². The molecule has 0 atom stereocenters. The molecule has 0 fully saturated rings. The third-order valence-corrected chi connectivity index (χ3v) is 4.02. The number of nitrogens with zero attached hydrogens (tertiary/aromatic N) is 1. The van der Waals surface area contributed by atoms with Gasteiger partial charge in [0, 0.05) is 16.6 Å². The summed E-state index contributed by atoms with van der Waals surface area (Å²) in [5.41, 5.74) is 9.58. The van der Waals surface area contributed by atoms with Crippen LogP contribution in [0.2, 0.25) is 5.02 Å². The molecular formula is C17H15ClN2O. The minimum atomic E-state index is 0.589. The normalized spacial score (nSPS) is 10.8. The van der Waals surface area contributed by atoms with Crippen LogP contribution in [-0.2, 0) is 0 Å². The van der Waals surface area contributed by atoms with E-state index in [1.54, 1.807) is 6.20 Å². The number of hydrogen-bond donors (Lipinski definition) is 1. The molecule has 2 aromatic carbocycles. The molecule has 0 amide bonds. The SMILES string of the molecule is Cc1cc(Oc2ccc3ncccc3c2N)cc(C)c1Cl. The van der Waals surface area contributed by atoms with E-state index in [1.807, 2.05) is 50.2 Å². The Balaban J connectivity index is 2.04. The molecule has 0 aliphatic carbocycles. The first-order chi connectivity index (χ1) is 10.1. The van der Waals surface area contributed by atoms with Crippen molar-refractivity contribution >= 4 is 28.2 Å². The molecule has 0 aliphatic heterocycles. The van der Waals surface area contributed by atoms with Crippen molar-refractivity contribution in [2.45, 2.75) is 13.8 Å². The van der Waals surface area contributed by atoms with Crippen molar-refractivity contribution < 1.29 is 4.74 Å². The topological polar surface area (TPSA) is 48.1 Å². The highest BCUT2D eigenvalue weighted by molar-refractivity contribution is 6.32. The van der Waals surface area contributed by atoms with Crippen molar-refractivity contribution in [1.29, 1.82) is 0 Å². The van der Waals surface area contributed by atoms with Crippen molar-refractivity contribution in [3.63, 3.8) is 0 Å². The number of benzene rings is 2. The maximum atomic E-state index is 6.18. The molecular weight excluding hydrogens is 284 g/mol. The maximum absolute atomic E-state index is 6.18. The van der Waals surface area contributed by atoms with Gasteiger partial charge in [-0.2, -0.15) is 0 Å². The Morgan fingerprint density at radius 2 is 1.81 bits per heavy atom. The summed E-state index contributed by atoms with van der Waals surface area (Å²) in [7, 11) is 0. The van der Waals surface area contributed by atoms with Crippen molar-refractivity contribution in [3.05, 3.63) is 58.7 Å². The van der Waals surface area contributed by atoms with Gasteiger partial charge in [-0.15, -0.1) is 0 Å². The van der Waals surface area contributed by atoms with Gasteiger partial charge in [0.2, 0.25) is 0 Å². The Morgan fingerprint density at radius 3 is 2.52 bits per heavy atom. The molecule has 2 N–H and O–H groups in total. The highest BCUT2D eigenvalue weighted by Crippen LogP contribution is 2.35. The van der Waals surface area contributed by atoms with Crippen LogP contribution in [0.5, 0.6) is 11.5 Å². The van der Waals surface area contributed by atoms with E-state index >= 15 is 0 Å². The minimum absolute atomic E-state index is 0.589. The highest BCUT2D eigenvalue weighted by atomic mass is 35.5. The van der Waals surface area contributed by atoms with E-state index in [4.69, 9.17) is 22.1 Å². The van der Waals surface area contributed by atoms with Crippen molar-refractivity contribution in [2.24, 2.45) is 0 Å². The van der Waals surface area contributed by atoms with Gasteiger partial charge in [0.1, 0.15) is 5.75 Å². The highest BCUT2D eigenvalue weighted by Gasteiger charge is 2.09. The van der Waals surface area contributed by atoms with Crippen LogP contribution >= 0.6 is 11.6 Å². The van der Waals surface area contributed by atoms with Gasteiger partial charge in [-0.25, -0.2) is 0 Å². The second kappa shape index (κ2) is 5.26. The number of anilines is 1. The van der Waals surface area contributed by atoms with Gasteiger partial charge in [0.15, 0.2) is 5.75 Å². The fourth-order valence-electron chi connectivity index (χ4n) is 2.34. The second-order valence-electron chi connectivity index (χ2n) is 5.02. The van der Waals surface area contributed by atoms with Crippen molar-refractivity contribution in [3.8, 4) is 11.5 Å². The number of fused-ring (bicyclic) bond motifs is 1. The van der Waals surface area contributed by atoms with Gasteiger partial charge in [0.25, 0.3) is 0 Å².